The van der Waals surface area contributed by atoms with E-state index in [0.717, 1.165) is 28.9 Å². The summed E-state index contributed by atoms with van der Waals surface area (Å²) in [5, 5.41) is 2.28. The van der Waals surface area contributed by atoms with Crippen LogP contribution in [0.4, 0.5) is 17.6 Å². The SMILES string of the molecule is COc1c(F)c(F)[c]([Cu])c(F)c1F.c1cnc2c(c1)ccc1ncccc12. The Balaban J connectivity index is 0.000000157. The Morgan fingerprint density at radius 1 is 0.815 bits per heavy atom. The van der Waals surface area contributed by atoms with Gasteiger partial charge in [-0.05, 0) is 24.3 Å². The van der Waals surface area contributed by atoms with Crippen molar-refractivity contribution in [3.05, 3.63) is 72.1 Å². The number of aromatic nitrogens is 2. The zero-order valence-corrected chi connectivity index (χ0v) is 14.7. The molecule has 3 nitrogen and oxygen atoms in total. The Morgan fingerprint density at radius 3 is 2.11 bits per heavy atom. The molecular formula is C19H11CuF4N2O. The number of halogens is 4. The molecule has 0 aliphatic carbocycles. The van der Waals surface area contributed by atoms with Gasteiger partial charge in [-0.3, -0.25) is 9.97 Å². The molecule has 0 amide bonds. The van der Waals surface area contributed by atoms with Crippen molar-refractivity contribution in [3.63, 3.8) is 0 Å². The number of benzene rings is 2. The van der Waals surface area contributed by atoms with E-state index in [1.165, 1.54) is 0 Å². The molecule has 2 heterocycles. The molecule has 0 bridgehead atoms. The van der Waals surface area contributed by atoms with E-state index in [-0.39, 0.29) is 0 Å². The van der Waals surface area contributed by atoms with Gasteiger partial charge >= 0.3 is 78.9 Å². The van der Waals surface area contributed by atoms with Crippen LogP contribution < -0.4 is 9.20 Å². The van der Waals surface area contributed by atoms with E-state index in [0.29, 0.717) is 0 Å². The number of fused-ring (bicyclic) bond motifs is 3. The minimum absolute atomic E-state index is 0.891. The van der Waals surface area contributed by atoms with Crippen LogP contribution in [0.1, 0.15) is 0 Å². The second-order valence-electron chi connectivity index (χ2n) is 5.28. The van der Waals surface area contributed by atoms with Gasteiger partial charge in [-0.2, -0.15) is 0 Å². The molecule has 0 N–H and O–H groups in total. The molecule has 0 atom stereocenters. The molecule has 142 valence electrons. The second-order valence-corrected chi connectivity index (χ2v) is 5.75. The predicted molar refractivity (Wildman–Crippen MR) is 89.5 cm³/mol. The van der Waals surface area contributed by atoms with E-state index < -0.39 is 33.5 Å². The van der Waals surface area contributed by atoms with Crippen LogP contribution in [0.3, 0.4) is 0 Å². The molecule has 2 aromatic heterocycles. The summed E-state index contributed by atoms with van der Waals surface area (Å²) in [7, 11) is 0.891. The molecule has 8 heteroatoms. The van der Waals surface area contributed by atoms with Gasteiger partial charge in [-0.1, -0.05) is 12.1 Å². The smallest absolute Gasteiger partial charge is 0.0795 e. The van der Waals surface area contributed by atoms with Crippen LogP contribution in [0, 0.1) is 23.3 Å². The van der Waals surface area contributed by atoms with E-state index in [1.807, 2.05) is 24.4 Å². The largest absolute Gasteiger partial charge is 0.256 e. The molecule has 4 aromatic rings. The van der Waals surface area contributed by atoms with Gasteiger partial charge in [0.2, 0.25) is 0 Å². The normalized spacial score (nSPS) is 10.6. The summed E-state index contributed by atoms with van der Waals surface area (Å²) in [5.74, 6) is -7.62. The maximum absolute atomic E-state index is 12.7. The van der Waals surface area contributed by atoms with Gasteiger partial charge in [0.15, 0.2) is 0 Å². The van der Waals surface area contributed by atoms with Crippen LogP contribution in [0.25, 0.3) is 21.8 Å². The summed E-state index contributed by atoms with van der Waals surface area (Å²) < 4.78 is 53.7. The number of nitrogens with zero attached hydrogens (tertiary/aromatic N) is 2. The third-order valence-electron chi connectivity index (χ3n) is 3.69. The Hall–Kier alpha value is -2.70. The summed E-state index contributed by atoms with van der Waals surface area (Å²) in [5.41, 5.74) is 2.02. The van der Waals surface area contributed by atoms with E-state index in [9.17, 15) is 17.6 Å². The summed E-state index contributed by atoms with van der Waals surface area (Å²) in [6.45, 7) is 0. The minimum atomic E-state index is -1.63. The molecule has 2 aromatic carbocycles. The minimum Gasteiger partial charge on any atom is -0.256 e. The monoisotopic (exact) mass is 422 g/mol. The van der Waals surface area contributed by atoms with E-state index in [1.54, 1.807) is 6.20 Å². The molecule has 0 radical (unpaired) electrons. The van der Waals surface area contributed by atoms with Crippen molar-refractivity contribution in [2.45, 2.75) is 0 Å². The Kier molecular flexibility index (Phi) is 5.58. The maximum Gasteiger partial charge on any atom is 0.0795 e. The van der Waals surface area contributed by atoms with Crippen LogP contribution in [-0.4, -0.2) is 17.1 Å². The molecular weight excluding hydrogens is 412 g/mol. The van der Waals surface area contributed by atoms with Crippen LogP contribution in [-0.2, 0) is 16.0 Å². The van der Waals surface area contributed by atoms with Crippen molar-refractivity contribution < 1.29 is 38.3 Å². The van der Waals surface area contributed by atoms with Gasteiger partial charge in [-0.25, -0.2) is 0 Å². The van der Waals surface area contributed by atoms with Gasteiger partial charge in [0.1, 0.15) is 0 Å². The number of pyridine rings is 2. The average molecular weight is 423 g/mol. The number of hydrogen-bond acceptors (Lipinski definition) is 3. The van der Waals surface area contributed by atoms with Crippen molar-refractivity contribution in [2.24, 2.45) is 0 Å². The molecule has 0 unspecified atom stereocenters. The summed E-state index contributed by atoms with van der Waals surface area (Å²) in [6, 6.07) is 12.1. The maximum atomic E-state index is 12.7. The third-order valence-corrected chi connectivity index (χ3v) is 4.11. The fourth-order valence-electron chi connectivity index (χ4n) is 2.44. The van der Waals surface area contributed by atoms with Crippen LogP contribution in [0.15, 0.2) is 48.8 Å². The van der Waals surface area contributed by atoms with Crippen molar-refractivity contribution in [3.8, 4) is 5.75 Å². The summed E-state index contributed by atoms with van der Waals surface area (Å²) >= 11 is 4.25. The molecule has 4 rings (SSSR count). The van der Waals surface area contributed by atoms with Gasteiger partial charge in [0, 0.05) is 23.2 Å². The van der Waals surface area contributed by atoms with E-state index in [4.69, 9.17) is 0 Å². The molecule has 0 aliphatic rings. The van der Waals surface area contributed by atoms with E-state index >= 15 is 0 Å². The first kappa shape index (κ1) is 19.1. The number of rotatable bonds is 1. The summed E-state index contributed by atoms with van der Waals surface area (Å²) in [6.07, 6.45) is 3.62. The molecule has 0 saturated carbocycles. The Labute approximate surface area is 159 Å². The molecule has 27 heavy (non-hydrogen) atoms. The average Bonchev–Trinajstić information content (AvgIpc) is 2.72. The van der Waals surface area contributed by atoms with Gasteiger partial charge in [0.25, 0.3) is 0 Å². The zero-order chi connectivity index (χ0) is 19.6. The fraction of sp³-hybridized carbons (Fsp3) is 0.0526. The van der Waals surface area contributed by atoms with E-state index in [2.05, 4.69) is 48.9 Å². The molecule has 0 spiro atoms. The molecule has 0 fully saturated rings. The second kappa shape index (κ2) is 7.90. The number of hydrogen-bond donors (Lipinski definition) is 0. The van der Waals surface area contributed by atoms with Crippen molar-refractivity contribution >= 4 is 26.3 Å². The van der Waals surface area contributed by atoms with Gasteiger partial charge in [0.05, 0.1) is 11.0 Å². The molecule has 0 aliphatic heterocycles. The van der Waals surface area contributed by atoms with Crippen molar-refractivity contribution in [2.75, 3.05) is 7.11 Å². The number of methoxy groups -OCH3 is 1. The quantitative estimate of drug-likeness (QED) is 0.199. The van der Waals surface area contributed by atoms with Crippen LogP contribution in [0.2, 0.25) is 0 Å². The topological polar surface area (TPSA) is 35.0 Å². The summed E-state index contributed by atoms with van der Waals surface area (Å²) in [4.78, 5) is 8.66. The third kappa shape index (κ3) is 3.59. The standard InChI is InChI=1S/C12H8N2.C7H3F4O.Cu/c1-3-9-5-6-11-10(4-2-7-13-11)12(9)14-8-1;1-12-7-5(10)3(8)2-4(9)6(7)11;/h1-8H;1H3;. The first-order chi connectivity index (χ1) is 13.0. The Morgan fingerprint density at radius 2 is 1.44 bits per heavy atom. The van der Waals surface area contributed by atoms with Crippen LogP contribution >= 0.6 is 0 Å². The van der Waals surface area contributed by atoms with Crippen molar-refractivity contribution in [1.29, 1.82) is 0 Å². The predicted octanol–water partition coefficient (Wildman–Crippen LogP) is 4.21. The Bertz CT molecular complexity index is 1050. The zero-order valence-electron chi connectivity index (χ0n) is 13.7. The molecule has 0 saturated heterocycles. The first-order valence-corrected chi connectivity index (χ1v) is 8.02. The first-order valence-electron chi connectivity index (χ1n) is 7.55. The van der Waals surface area contributed by atoms with Gasteiger partial charge in [-0.15, -0.1) is 0 Å². The van der Waals surface area contributed by atoms with Crippen LogP contribution in [0.5, 0.6) is 5.75 Å². The van der Waals surface area contributed by atoms with Gasteiger partial charge < -0.3 is 0 Å². The number of ether oxygens (including phenoxy) is 1. The fourth-order valence-corrected chi connectivity index (χ4v) is 2.65. The van der Waals surface area contributed by atoms with Crippen molar-refractivity contribution in [1.82, 2.24) is 9.97 Å².